The van der Waals surface area contributed by atoms with Gasteiger partial charge in [0, 0.05) is 0 Å². The molecule has 5 nitrogen and oxygen atoms in total. The first kappa shape index (κ1) is 12.3. The van der Waals surface area contributed by atoms with Gasteiger partial charge in [0.2, 0.25) is 0 Å². The van der Waals surface area contributed by atoms with E-state index in [0.717, 1.165) is 0 Å². The summed E-state index contributed by atoms with van der Waals surface area (Å²) in [7, 11) is 1.56. The molecule has 0 aromatic heterocycles. The number of alkyl halides is 2. The summed E-state index contributed by atoms with van der Waals surface area (Å²) in [5.41, 5.74) is 0. The van der Waals surface area contributed by atoms with Crippen LogP contribution in [0, 0.1) is 5.92 Å². The molecule has 2 aliphatic heterocycles. The van der Waals surface area contributed by atoms with E-state index in [2.05, 4.69) is 29.7 Å². The van der Waals surface area contributed by atoms with E-state index in [1.54, 1.807) is 7.11 Å². The van der Waals surface area contributed by atoms with Crippen molar-refractivity contribution in [1.29, 1.82) is 0 Å². The zero-order chi connectivity index (χ0) is 11.2. The number of methoxy groups -OCH3 is 1. The molecular formula is C8H14I2N2O3. The first-order chi connectivity index (χ1) is 7.01. The molecule has 0 bridgehead atoms. The molecule has 2 fully saturated rings. The Kier molecular flexibility index (Phi) is 3.47. The molecule has 2 rings (SSSR count). The van der Waals surface area contributed by atoms with Gasteiger partial charge in [-0.2, -0.15) is 0 Å². The Morgan fingerprint density at radius 2 is 2.00 bits per heavy atom. The van der Waals surface area contributed by atoms with Crippen LogP contribution in [0.25, 0.3) is 0 Å². The van der Waals surface area contributed by atoms with Crippen LogP contribution in [0.1, 0.15) is 13.8 Å². The van der Waals surface area contributed by atoms with Crippen molar-refractivity contribution >= 4 is 48.9 Å². The first-order valence-electron chi connectivity index (χ1n) is 4.64. The number of esters is 1. The Morgan fingerprint density at radius 1 is 1.47 bits per heavy atom. The molecule has 0 aromatic rings. The third kappa shape index (κ3) is 2.26. The van der Waals surface area contributed by atoms with E-state index in [1.807, 2.05) is 13.8 Å². The van der Waals surface area contributed by atoms with Crippen molar-refractivity contribution < 1.29 is 14.3 Å². The molecule has 0 amide bonds. The van der Waals surface area contributed by atoms with Crippen LogP contribution < -0.4 is 7.06 Å². The van der Waals surface area contributed by atoms with Gasteiger partial charge in [0.05, 0.1) is 0 Å². The van der Waals surface area contributed by atoms with Crippen molar-refractivity contribution in [3.63, 3.8) is 0 Å². The summed E-state index contributed by atoms with van der Waals surface area (Å²) in [6.45, 7) is 3.93. The van der Waals surface area contributed by atoms with Gasteiger partial charge >= 0.3 is 111 Å². The Balaban J connectivity index is 1.85. The van der Waals surface area contributed by atoms with Crippen LogP contribution in [0.4, 0.5) is 0 Å². The van der Waals surface area contributed by atoms with Crippen LogP contribution in [0.3, 0.4) is 0 Å². The molecule has 2 unspecified atom stereocenters. The van der Waals surface area contributed by atoms with Crippen LogP contribution in [-0.4, -0.2) is 27.0 Å². The summed E-state index contributed by atoms with van der Waals surface area (Å²) in [4.78, 5) is 11.8. The average Bonchev–Trinajstić information content (AvgIpc) is 2.99. The van der Waals surface area contributed by atoms with Crippen molar-refractivity contribution in [2.45, 2.75) is 27.7 Å². The number of nitrogens with one attached hydrogen (secondary N) is 2. The van der Waals surface area contributed by atoms with Crippen molar-refractivity contribution in [3.05, 3.63) is 0 Å². The van der Waals surface area contributed by atoms with Crippen molar-refractivity contribution in [1.82, 2.24) is 7.06 Å². The minimum absolute atomic E-state index is 0.0170. The van der Waals surface area contributed by atoms with Gasteiger partial charge < -0.3 is 0 Å². The summed E-state index contributed by atoms with van der Waals surface area (Å²) >= 11 is 1.08. The number of hydrogen-bond donors (Lipinski definition) is 2. The second-order valence-electron chi connectivity index (χ2n) is 3.83. The SMILES string of the molecule is COC(OC(=O)C(I)C12NI1N2)C(C)C. The minimum atomic E-state index is -1.06. The number of hydrogen-bond acceptors (Lipinski definition) is 5. The molecule has 2 atom stereocenters. The van der Waals surface area contributed by atoms with E-state index in [-0.39, 0.29) is 19.5 Å². The van der Waals surface area contributed by atoms with Gasteiger partial charge in [-0.05, 0) is 0 Å². The van der Waals surface area contributed by atoms with Gasteiger partial charge in [-0.3, -0.25) is 0 Å². The Labute approximate surface area is 110 Å². The summed E-state index contributed by atoms with van der Waals surface area (Å²) < 4.78 is 16.9. The molecule has 88 valence electrons. The average molecular weight is 440 g/mol. The van der Waals surface area contributed by atoms with E-state index in [4.69, 9.17) is 9.47 Å². The fourth-order valence-electron chi connectivity index (χ4n) is 1.22. The second-order valence-corrected chi connectivity index (χ2v) is 9.48. The molecule has 0 saturated carbocycles. The molecular weight excluding hydrogens is 426 g/mol. The zero-order valence-electron chi connectivity index (χ0n) is 8.71. The molecule has 2 heterocycles. The van der Waals surface area contributed by atoms with Crippen LogP contribution in [0.5, 0.6) is 0 Å². The molecule has 7 heteroatoms. The van der Waals surface area contributed by atoms with Crippen LogP contribution in [-0.2, 0) is 14.3 Å². The molecule has 15 heavy (non-hydrogen) atoms. The van der Waals surface area contributed by atoms with Crippen LogP contribution >= 0.6 is 43.0 Å². The molecule has 2 saturated heterocycles. The Bertz CT molecular complexity index is 281. The van der Waals surface area contributed by atoms with E-state index in [9.17, 15) is 4.79 Å². The molecule has 2 N–H and O–H groups in total. The maximum absolute atomic E-state index is 11.8. The van der Waals surface area contributed by atoms with Crippen molar-refractivity contribution in [3.8, 4) is 0 Å². The van der Waals surface area contributed by atoms with Gasteiger partial charge in [-0.25, -0.2) is 0 Å². The summed E-state index contributed by atoms with van der Waals surface area (Å²) in [5.74, 6) is -0.0116. The summed E-state index contributed by atoms with van der Waals surface area (Å²) in [5, 5.41) is 0. The number of carbonyl (C=O) groups excluding carboxylic acids is 1. The Morgan fingerprint density at radius 3 is 2.33 bits per heavy atom. The van der Waals surface area contributed by atoms with Gasteiger partial charge in [0.15, 0.2) is 0 Å². The molecule has 0 aliphatic carbocycles. The van der Waals surface area contributed by atoms with Crippen LogP contribution in [0.2, 0.25) is 0 Å². The first-order valence-corrected chi connectivity index (χ1v) is 9.12. The molecule has 2 aliphatic rings. The number of halogens is 2. The second kappa shape index (κ2) is 4.24. The molecule has 0 spiro atoms. The monoisotopic (exact) mass is 440 g/mol. The molecule has 0 aromatic carbocycles. The number of ether oxygens (including phenoxy) is 2. The quantitative estimate of drug-likeness (QED) is 0.128. The third-order valence-corrected chi connectivity index (χ3v) is 9.46. The van der Waals surface area contributed by atoms with Gasteiger partial charge in [0.25, 0.3) is 0 Å². The van der Waals surface area contributed by atoms with Gasteiger partial charge in [-0.1, -0.05) is 0 Å². The van der Waals surface area contributed by atoms with E-state index in [1.165, 1.54) is 0 Å². The third-order valence-electron chi connectivity index (χ3n) is 2.26. The van der Waals surface area contributed by atoms with Crippen molar-refractivity contribution in [2.75, 3.05) is 7.11 Å². The predicted molar refractivity (Wildman–Crippen MR) is 72.6 cm³/mol. The van der Waals surface area contributed by atoms with E-state index < -0.39 is 26.7 Å². The van der Waals surface area contributed by atoms with E-state index in [0.29, 0.717) is 0 Å². The fraction of sp³-hybridized carbons (Fsp3) is 0.875. The fourth-order valence-corrected chi connectivity index (χ4v) is 8.61. The summed E-state index contributed by atoms with van der Waals surface area (Å²) in [6.07, 6.45) is -0.439. The Hall–Kier alpha value is 0.810. The number of carbonyl (C=O) groups is 1. The normalized spacial score (nSPS) is 26.9. The number of rotatable bonds is 5. The standard InChI is InChI=1S/C8H14I2N2O3/c1-4(2)7(14-3)15-6(13)5(9)8-10(11-8)12-8/h4-5,7,11-12H,1-3H3. The maximum atomic E-state index is 11.8. The topological polar surface area (TPSA) is 79.4 Å². The van der Waals surface area contributed by atoms with Crippen LogP contribution in [0.15, 0.2) is 0 Å². The van der Waals surface area contributed by atoms with Crippen molar-refractivity contribution in [2.24, 2.45) is 5.92 Å². The number of fused-ring (bicyclic) bond motifs is 1. The summed E-state index contributed by atoms with van der Waals surface area (Å²) in [6, 6.07) is 0. The molecule has 0 radical (unpaired) electrons. The predicted octanol–water partition coefficient (Wildman–Crippen LogP) is 1.16. The van der Waals surface area contributed by atoms with Gasteiger partial charge in [-0.15, -0.1) is 0 Å². The zero-order valence-corrected chi connectivity index (χ0v) is 13.0. The van der Waals surface area contributed by atoms with E-state index >= 15 is 0 Å². The van der Waals surface area contributed by atoms with Gasteiger partial charge in [0.1, 0.15) is 0 Å².